The molecule has 5 heteroatoms. The van der Waals surface area contributed by atoms with Crippen LogP contribution in [0.1, 0.15) is 24.7 Å². The van der Waals surface area contributed by atoms with Crippen LogP contribution in [0, 0.1) is 5.82 Å². The molecule has 3 rings (SSSR count). The first-order chi connectivity index (χ1) is 8.79. The second kappa shape index (κ2) is 5.10. The lowest BCUT2D eigenvalue weighted by atomic mass is 10.1. The minimum Gasteiger partial charge on any atom is -0.323 e. The zero-order chi connectivity index (χ0) is 12.5. The Morgan fingerprint density at radius 3 is 3.11 bits per heavy atom. The van der Waals surface area contributed by atoms with E-state index >= 15 is 0 Å². The molecule has 0 amide bonds. The molecule has 1 unspecified atom stereocenters. The summed E-state index contributed by atoms with van der Waals surface area (Å²) in [6.45, 7) is 0. The summed E-state index contributed by atoms with van der Waals surface area (Å²) < 4.78 is 15.6. The average Bonchev–Trinajstić information content (AvgIpc) is 2.77. The molecular formula is C13H14ClFN2S. The van der Waals surface area contributed by atoms with E-state index in [4.69, 9.17) is 11.6 Å². The molecule has 2 nitrogen and oxygen atoms in total. The predicted octanol–water partition coefficient (Wildman–Crippen LogP) is 3.98. The molecule has 1 fully saturated rings. The van der Waals surface area contributed by atoms with Gasteiger partial charge in [-0.15, -0.1) is 11.6 Å². The smallest absolute Gasteiger partial charge is 0.125 e. The topological polar surface area (TPSA) is 17.8 Å². The molecule has 1 aliphatic heterocycles. The van der Waals surface area contributed by atoms with E-state index in [0.29, 0.717) is 11.9 Å². The van der Waals surface area contributed by atoms with E-state index in [1.54, 1.807) is 12.1 Å². The number of halogens is 2. The Kier molecular flexibility index (Phi) is 3.48. The van der Waals surface area contributed by atoms with E-state index in [0.717, 1.165) is 29.0 Å². The Bertz CT molecular complexity index is 563. The highest BCUT2D eigenvalue weighted by Gasteiger charge is 2.21. The molecule has 0 N–H and O–H groups in total. The second-order valence-electron chi connectivity index (χ2n) is 4.54. The first kappa shape index (κ1) is 12.3. The molecule has 1 saturated heterocycles. The van der Waals surface area contributed by atoms with E-state index in [1.807, 2.05) is 11.8 Å². The first-order valence-corrected chi connectivity index (χ1v) is 7.78. The van der Waals surface area contributed by atoms with Crippen molar-refractivity contribution >= 4 is 34.4 Å². The van der Waals surface area contributed by atoms with Crippen LogP contribution < -0.4 is 0 Å². The van der Waals surface area contributed by atoms with Crippen LogP contribution in [0.15, 0.2) is 18.2 Å². The summed E-state index contributed by atoms with van der Waals surface area (Å²) in [5, 5.41) is 0. The number of hydrogen-bond donors (Lipinski definition) is 0. The van der Waals surface area contributed by atoms with Gasteiger partial charge in [0.05, 0.1) is 16.9 Å². The van der Waals surface area contributed by atoms with Gasteiger partial charge in [-0.3, -0.25) is 0 Å². The van der Waals surface area contributed by atoms with Gasteiger partial charge in [-0.05, 0) is 36.8 Å². The zero-order valence-electron chi connectivity index (χ0n) is 9.90. The van der Waals surface area contributed by atoms with Crippen molar-refractivity contribution in [3.8, 4) is 0 Å². The lowest BCUT2D eigenvalue weighted by Crippen LogP contribution is -2.18. The predicted molar refractivity (Wildman–Crippen MR) is 74.8 cm³/mol. The Morgan fingerprint density at radius 1 is 1.50 bits per heavy atom. The van der Waals surface area contributed by atoms with Crippen molar-refractivity contribution in [2.75, 3.05) is 11.5 Å². The van der Waals surface area contributed by atoms with Gasteiger partial charge in [0.2, 0.25) is 0 Å². The molecule has 0 radical (unpaired) electrons. The zero-order valence-corrected chi connectivity index (χ0v) is 11.5. The first-order valence-electron chi connectivity index (χ1n) is 6.09. The number of imidazole rings is 1. The molecule has 2 heterocycles. The Hall–Kier alpha value is -0.740. The maximum atomic E-state index is 13.4. The minimum atomic E-state index is -0.215. The molecule has 0 aliphatic carbocycles. The van der Waals surface area contributed by atoms with Crippen molar-refractivity contribution in [1.82, 2.24) is 9.55 Å². The van der Waals surface area contributed by atoms with Gasteiger partial charge >= 0.3 is 0 Å². The van der Waals surface area contributed by atoms with Crippen LogP contribution in [0.3, 0.4) is 0 Å². The summed E-state index contributed by atoms with van der Waals surface area (Å²) in [6.07, 6.45) is 2.32. The largest absolute Gasteiger partial charge is 0.323 e. The van der Waals surface area contributed by atoms with E-state index in [1.165, 1.54) is 18.2 Å². The number of rotatable bonds is 2. The average molecular weight is 285 g/mol. The van der Waals surface area contributed by atoms with E-state index in [9.17, 15) is 4.39 Å². The van der Waals surface area contributed by atoms with Crippen LogP contribution in [0.25, 0.3) is 11.0 Å². The van der Waals surface area contributed by atoms with Crippen LogP contribution in [0.2, 0.25) is 0 Å². The van der Waals surface area contributed by atoms with E-state index in [2.05, 4.69) is 9.55 Å². The fourth-order valence-electron chi connectivity index (χ4n) is 2.55. The molecule has 0 saturated carbocycles. The summed E-state index contributed by atoms with van der Waals surface area (Å²) in [7, 11) is 0. The maximum Gasteiger partial charge on any atom is 0.125 e. The van der Waals surface area contributed by atoms with Crippen LogP contribution in [-0.4, -0.2) is 21.1 Å². The molecule has 18 heavy (non-hydrogen) atoms. The molecule has 1 aromatic heterocycles. The normalized spacial score (nSPS) is 20.4. The summed E-state index contributed by atoms with van der Waals surface area (Å²) in [5.41, 5.74) is 1.71. The van der Waals surface area contributed by atoms with Crippen molar-refractivity contribution in [1.29, 1.82) is 0 Å². The van der Waals surface area contributed by atoms with Gasteiger partial charge in [0, 0.05) is 11.8 Å². The molecule has 1 aromatic carbocycles. The SMILES string of the molecule is Fc1ccc2nc(CCl)n(C3CCCSC3)c2c1. The molecule has 0 spiro atoms. The highest BCUT2D eigenvalue weighted by atomic mass is 35.5. The third kappa shape index (κ3) is 2.12. The van der Waals surface area contributed by atoms with Gasteiger partial charge in [0.15, 0.2) is 0 Å². The summed E-state index contributed by atoms with van der Waals surface area (Å²) in [6, 6.07) is 5.14. The minimum absolute atomic E-state index is 0.215. The summed E-state index contributed by atoms with van der Waals surface area (Å²) in [5.74, 6) is 3.29. The quantitative estimate of drug-likeness (QED) is 0.776. The molecular weight excluding hydrogens is 271 g/mol. The number of fused-ring (bicyclic) bond motifs is 1. The van der Waals surface area contributed by atoms with Gasteiger partial charge < -0.3 is 4.57 Å². The van der Waals surface area contributed by atoms with Crippen LogP contribution in [0.5, 0.6) is 0 Å². The van der Waals surface area contributed by atoms with Gasteiger partial charge in [0.1, 0.15) is 11.6 Å². The number of thioether (sulfide) groups is 1. The Labute approximate surface area is 115 Å². The Morgan fingerprint density at radius 2 is 2.39 bits per heavy atom. The van der Waals surface area contributed by atoms with Crippen molar-refractivity contribution < 1.29 is 4.39 Å². The van der Waals surface area contributed by atoms with E-state index < -0.39 is 0 Å². The maximum absolute atomic E-state index is 13.4. The van der Waals surface area contributed by atoms with Crippen molar-refractivity contribution in [2.45, 2.75) is 24.8 Å². The van der Waals surface area contributed by atoms with Gasteiger partial charge in [-0.25, -0.2) is 9.37 Å². The van der Waals surface area contributed by atoms with E-state index in [-0.39, 0.29) is 5.82 Å². The third-order valence-corrected chi connectivity index (χ3v) is 4.78. The second-order valence-corrected chi connectivity index (χ2v) is 5.95. The van der Waals surface area contributed by atoms with Gasteiger partial charge in [-0.2, -0.15) is 11.8 Å². The highest BCUT2D eigenvalue weighted by Crippen LogP contribution is 2.32. The van der Waals surface area contributed by atoms with Crippen LogP contribution >= 0.6 is 23.4 Å². The molecule has 0 bridgehead atoms. The highest BCUT2D eigenvalue weighted by molar-refractivity contribution is 7.99. The third-order valence-electron chi connectivity index (χ3n) is 3.35. The molecule has 96 valence electrons. The number of alkyl halides is 1. The van der Waals surface area contributed by atoms with Crippen LogP contribution in [0.4, 0.5) is 4.39 Å². The summed E-state index contributed by atoms with van der Waals surface area (Å²) >= 11 is 7.93. The number of benzene rings is 1. The molecule has 1 aliphatic rings. The van der Waals surface area contributed by atoms with Crippen molar-refractivity contribution in [2.24, 2.45) is 0 Å². The van der Waals surface area contributed by atoms with Gasteiger partial charge in [-0.1, -0.05) is 0 Å². The number of aromatic nitrogens is 2. The van der Waals surface area contributed by atoms with Crippen molar-refractivity contribution in [3.05, 3.63) is 29.8 Å². The lowest BCUT2D eigenvalue weighted by molar-refractivity contribution is 0.499. The molecule has 2 aromatic rings. The molecule has 1 atom stereocenters. The van der Waals surface area contributed by atoms with Crippen molar-refractivity contribution in [3.63, 3.8) is 0 Å². The Balaban J connectivity index is 2.14. The summed E-state index contributed by atoms with van der Waals surface area (Å²) in [4.78, 5) is 4.50. The standard InChI is InChI=1S/C13H14ClFN2S/c14-7-13-16-11-4-3-9(15)6-12(11)17(13)10-2-1-5-18-8-10/h3-4,6,10H,1-2,5,7-8H2. The fraction of sp³-hybridized carbons (Fsp3) is 0.462. The van der Waals surface area contributed by atoms with Crippen LogP contribution in [-0.2, 0) is 5.88 Å². The number of hydrogen-bond acceptors (Lipinski definition) is 2. The number of nitrogens with zero attached hydrogens (tertiary/aromatic N) is 2. The van der Waals surface area contributed by atoms with Gasteiger partial charge in [0.25, 0.3) is 0 Å². The monoisotopic (exact) mass is 284 g/mol. The lowest BCUT2D eigenvalue weighted by Gasteiger charge is -2.24. The fourth-order valence-corrected chi connectivity index (χ4v) is 3.86.